The van der Waals surface area contributed by atoms with Gasteiger partial charge in [-0.1, -0.05) is 13.8 Å². The average Bonchev–Trinajstić information content (AvgIpc) is 3.12. The number of Topliss-reactive ketones (excluding diaryl/α,β-unsaturated/α-hetero) is 1. The molecule has 0 radical (unpaired) electrons. The van der Waals surface area contributed by atoms with Crippen molar-refractivity contribution in [2.75, 3.05) is 33.0 Å². The molecule has 0 bridgehead atoms. The highest BCUT2D eigenvalue weighted by molar-refractivity contribution is 6.01. The molecule has 1 fully saturated rings. The fraction of sp³-hybridized carbons (Fsp3) is 0.588. The van der Waals surface area contributed by atoms with Crippen molar-refractivity contribution in [2.45, 2.75) is 97.8 Å². The molecule has 10 nitrogen and oxygen atoms in total. The summed E-state index contributed by atoms with van der Waals surface area (Å²) in [6.07, 6.45) is 3.39. The van der Waals surface area contributed by atoms with Crippen LogP contribution in [0, 0.1) is 19.3 Å². The van der Waals surface area contributed by atoms with Crippen LogP contribution in [0.2, 0.25) is 0 Å². The molecule has 2 aromatic rings. The number of hydrogen-bond acceptors (Lipinski definition) is 7. The molecule has 1 aromatic carbocycles. The standard InChI is InChI=1S/C34H48N4O6.ClH/c1-20-21(2)37(29-17-34(4,5)18-30(40)32(20)29)24-11-14-27(33(35)42)28(15-24)36-23-9-12-25(13-10-23)44-31(41)16-26(43-22(3)39)19-38(6,7)8;/h11,14-15,23,25-26H,9-10,12-13,16-19H2,1-8H3,(H2-,35,36,42);1H. The predicted molar refractivity (Wildman–Crippen MR) is 169 cm³/mol. The van der Waals surface area contributed by atoms with Gasteiger partial charge in [-0.2, -0.15) is 0 Å². The predicted octanol–water partition coefficient (Wildman–Crippen LogP) is 1.65. The van der Waals surface area contributed by atoms with E-state index in [1.54, 1.807) is 6.07 Å². The van der Waals surface area contributed by atoms with E-state index in [-0.39, 0.29) is 48.1 Å². The first-order valence-electron chi connectivity index (χ1n) is 15.6. The largest absolute Gasteiger partial charge is 1.00 e. The number of ether oxygens (including phenoxy) is 2. The van der Waals surface area contributed by atoms with Gasteiger partial charge in [0.05, 0.1) is 33.1 Å². The molecule has 0 saturated heterocycles. The monoisotopic (exact) mass is 644 g/mol. The first kappa shape index (κ1) is 36.1. The molecule has 2 aliphatic carbocycles. The van der Waals surface area contributed by atoms with E-state index >= 15 is 0 Å². The van der Waals surface area contributed by atoms with Crippen LogP contribution >= 0.6 is 0 Å². The molecule has 1 unspecified atom stereocenters. The zero-order chi connectivity index (χ0) is 32.6. The number of esters is 2. The number of primary amides is 1. The normalized spacial score (nSPS) is 20.0. The number of carbonyl (C=O) groups is 4. The highest BCUT2D eigenvalue weighted by atomic mass is 35.5. The number of rotatable bonds is 10. The maximum atomic E-state index is 13.1. The molecule has 45 heavy (non-hydrogen) atoms. The van der Waals surface area contributed by atoms with Gasteiger partial charge in [0.25, 0.3) is 5.91 Å². The summed E-state index contributed by atoms with van der Waals surface area (Å²) in [6.45, 7) is 10.1. The van der Waals surface area contributed by atoms with Crippen LogP contribution in [-0.2, 0) is 25.5 Å². The fourth-order valence-corrected chi connectivity index (χ4v) is 6.76. The lowest BCUT2D eigenvalue weighted by atomic mass is 9.75. The van der Waals surface area contributed by atoms with E-state index < -0.39 is 18.0 Å². The Hall–Kier alpha value is -3.37. The molecule has 1 saturated carbocycles. The topological polar surface area (TPSA) is 130 Å². The smallest absolute Gasteiger partial charge is 0.310 e. The van der Waals surface area contributed by atoms with Crippen LogP contribution in [0.5, 0.6) is 0 Å². The van der Waals surface area contributed by atoms with E-state index in [0.29, 0.717) is 41.5 Å². The Labute approximate surface area is 273 Å². The van der Waals surface area contributed by atoms with E-state index in [4.69, 9.17) is 15.2 Å². The van der Waals surface area contributed by atoms with Crippen LogP contribution in [0.1, 0.15) is 97.0 Å². The third-order valence-electron chi connectivity index (χ3n) is 8.71. The summed E-state index contributed by atoms with van der Waals surface area (Å²) in [7, 11) is 5.93. The lowest BCUT2D eigenvalue weighted by molar-refractivity contribution is -0.873. The van der Waals surface area contributed by atoms with Gasteiger partial charge >= 0.3 is 11.9 Å². The lowest BCUT2D eigenvalue weighted by Gasteiger charge is -2.31. The van der Waals surface area contributed by atoms with E-state index in [9.17, 15) is 19.2 Å². The van der Waals surface area contributed by atoms with Crippen molar-refractivity contribution >= 4 is 29.3 Å². The van der Waals surface area contributed by atoms with Crippen molar-refractivity contribution in [1.82, 2.24) is 4.57 Å². The molecule has 0 aliphatic heterocycles. The van der Waals surface area contributed by atoms with Gasteiger partial charge in [0.1, 0.15) is 12.6 Å². The second-order valence-electron chi connectivity index (χ2n) is 14.4. The van der Waals surface area contributed by atoms with E-state index in [2.05, 4.69) is 23.7 Å². The van der Waals surface area contributed by atoms with Crippen molar-refractivity contribution in [3.63, 3.8) is 0 Å². The van der Waals surface area contributed by atoms with Crippen LogP contribution in [0.4, 0.5) is 5.69 Å². The number of likely N-dealkylation sites (N-methyl/N-ethyl adjacent to an activating group) is 1. The Morgan fingerprint density at radius 1 is 1.09 bits per heavy atom. The third-order valence-corrected chi connectivity index (χ3v) is 8.71. The molecule has 11 heteroatoms. The summed E-state index contributed by atoms with van der Waals surface area (Å²) in [5, 5.41) is 3.54. The number of benzene rings is 1. The highest BCUT2D eigenvalue weighted by Crippen LogP contribution is 2.40. The Bertz CT molecular complexity index is 1450. The zero-order valence-electron chi connectivity index (χ0n) is 27.9. The van der Waals surface area contributed by atoms with Crippen LogP contribution in [0.15, 0.2) is 18.2 Å². The van der Waals surface area contributed by atoms with E-state index in [1.807, 2.05) is 47.1 Å². The molecule has 248 valence electrons. The molecule has 1 atom stereocenters. The minimum atomic E-state index is -0.542. The molecule has 2 aliphatic rings. The highest BCUT2D eigenvalue weighted by Gasteiger charge is 2.36. The Balaban J connectivity index is 0.00000552. The van der Waals surface area contributed by atoms with Crippen LogP contribution in [0.3, 0.4) is 0 Å². The Morgan fingerprint density at radius 2 is 1.73 bits per heavy atom. The number of aromatic nitrogens is 1. The first-order valence-corrected chi connectivity index (χ1v) is 15.6. The van der Waals surface area contributed by atoms with E-state index in [1.165, 1.54) is 6.92 Å². The zero-order valence-corrected chi connectivity index (χ0v) is 28.7. The van der Waals surface area contributed by atoms with Gasteiger partial charge in [-0.05, 0) is 75.1 Å². The summed E-state index contributed by atoms with van der Waals surface area (Å²) >= 11 is 0. The molecule has 1 aromatic heterocycles. The number of hydrogen-bond donors (Lipinski definition) is 2. The maximum Gasteiger partial charge on any atom is 0.310 e. The molecule has 1 amide bonds. The number of nitrogens with one attached hydrogen (secondary N) is 1. The summed E-state index contributed by atoms with van der Waals surface area (Å²) in [6, 6.07) is 5.66. The van der Waals surface area contributed by atoms with Crippen molar-refractivity contribution in [2.24, 2.45) is 11.1 Å². The quantitative estimate of drug-likeness (QED) is 0.297. The van der Waals surface area contributed by atoms with Crippen LogP contribution in [-0.4, -0.2) is 78.6 Å². The number of nitrogens with zero attached hydrogens (tertiary/aromatic N) is 2. The Kier molecular flexibility index (Phi) is 11.2. The number of amides is 1. The first-order chi connectivity index (χ1) is 20.4. The number of halogens is 1. The van der Waals surface area contributed by atoms with Crippen LogP contribution in [0.25, 0.3) is 5.69 Å². The van der Waals surface area contributed by atoms with Gasteiger partial charge in [0.2, 0.25) is 0 Å². The minimum absolute atomic E-state index is 0. The summed E-state index contributed by atoms with van der Waals surface area (Å²) < 4.78 is 13.9. The number of carbonyl (C=O) groups excluding carboxylic acids is 4. The molecule has 1 heterocycles. The third kappa shape index (κ3) is 8.88. The second-order valence-corrected chi connectivity index (χ2v) is 14.4. The lowest BCUT2D eigenvalue weighted by Crippen LogP contribution is -3.00. The number of fused-ring (bicyclic) bond motifs is 1. The number of anilines is 1. The number of nitrogens with two attached hydrogens (primary N) is 1. The van der Waals surface area contributed by atoms with Gasteiger partial charge in [-0.3, -0.25) is 19.2 Å². The summed E-state index contributed by atoms with van der Waals surface area (Å²) in [4.78, 5) is 49.8. The summed E-state index contributed by atoms with van der Waals surface area (Å²) in [5.41, 5.74) is 11.4. The minimum Gasteiger partial charge on any atom is -1.00 e. The number of ketones is 1. The van der Waals surface area contributed by atoms with Crippen molar-refractivity contribution in [3.8, 4) is 5.69 Å². The van der Waals surface area contributed by atoms with E-state index in [0.717, 1.165) is 47.5 Å². The van der Waals surface area contributed by atoms with Gasteiger partial charge in [0.15, 0.2) is 11.9 Å². The van der Waals surface area contributed by atoms with Gasteiger partial charge in [-0.15, -0.1) is 0 Å². The molecule has 4 rings (SSSR count). The van der Waals surface area contributed by atoms with Crippen molar-refractivity contribution in [3.05, 3.63) is 46.3 Å². The fourth-order valence-electron chi connectivity index (χ4n) is 6.76. The SMILES string of the molecule is CC(=O)OC(CC(=O)OC1CCC(Nc2cc(-n3c(C)c(C)c4c3CC(C)(C)CC4=O)ccc2C(N)=O)CC1)C[N+](C)(C)C.[Cl-]. The van der Waals surface area contributed by atoms with Gasteiger partial charge in [0, 0.05) is 47.7 Å². The molecular formula is C34H49ClN4O6. The summed E-state index contributed by atoms with van der Waals surface area (Å²) in [5.74, 6) is -1.12. The number of quaternary nitrogens is 1. The average molecular weight is 645 g/mol. The van der Waals surface area contributed by atoms with Gasteiger partial charge in [-0.25, -0.2) is 0 Å². The van der Waals surface area contributed by atoms with Crippen LogP contribution < -0.4 is 23.5 Å². The van der Waals surface area contributed by atoms with Crippen molar-refractivity contribution < 1.29 is 45.5 Å². The van der Waals surface area contributed by atoms with Crippen molar-refractivity contribution in [1.29, 1.82) is 0 Å². The van der Waals surface area contributed by atoms with Gasteiger partial charge < -0.3 is 42.0 Å². The molecular weight excluding hydrogens is 596 g/mol. The second kappa shape index (κ2) is 14.0. The Morgan fingerprint density at radius 3 is 2.31 bits per heavy atom. The molecule has 3 N–H and O–H groups in total. The maximum absolute atomic E-state index is 13.1. The molecule has 0 spiro atoms.